The molecule has 0 unspecified atom stereocenters. The van der Waals surface area contributed by atoms with Crippen molar-refractivity contribution in [2.45, 2.75) is 110 Å². The number of esters is 2. The van der Waals surface area contributed by atoms with Gasteiger partial charge in [-0.15, -0.1) is 0 Å². The van der Waals surface area contributed by atoms with Gasteiger partial charge in [0.25, 0.3) is 0 Å². The Morgan fingerprint density at radius 2 is 1.22 bits per heavy atom. The average Bonchev–Trinajstić information content (AvgIpc) is 2.79. The fourth-order valence-electron chi connectivity index (χ4n) is 3.54. The molecule has 1 aromatic carbocycles. The number of hydrogen-bond donors (Lipinski definition) is 0. The van der Waals surface area contributed by atoms with Crippen LogP contribution in [0.2, 0.25) is 0 Å². The van der Waals surface area contributed by atoms with E-state index in [1.165, 1.54) is 70.6 Å². The molecule has 1 rings (SSSR count). The number of carbonyl (C=O) groups excluding carboxylic acids is 2. The minimum atomic E-state index is -0.390. The third-order valence-corrected chi connectivity index (χ3v) is 5.49. The molecule has 0 atom stereocenters. The number of nitrogens with zero attached hydrogens (tertiary/aromatic N) is 1. The molecule has 0 bridgehead atoms. The summed E-state index contributed by atoms with van der Waals surface area (Å²) in [6.45, 7) is 2.72. The van der Waals surface area contributed by atoms with E-state index in [1.54, 1.807) is 24.3 Å². The molecule has 0 N–H and O–H groups in total. The van der Waals surface area contributed by atoms with Crippen molar-refractivity contribution in [3.63, 3.8) is 0 Å². The lowest BCUT2D eigenvalue weighted by Gasteiger charge is -2.06. The molecule has 0 aliphatic rings. The zero-order valence-corrected chi connectivity index (χ0v) is 19.9. The minimum Gasteiger partial charge on any atom is -0.466 e. The Morgan fingerprint density at radius 1 is 0.719 bits per heavy atom. The van der Waals surface area contributed by atoms with Gasteiger partial charge in [-0.1, -0.05) is 84.0 Å². The predicted molar refractivity (Wildman–Crippen MR) is 127 cm³/mol. The molecule has 0 fully saturated rings. The molecule has 0 saturated carbocycles. The summed E-state index contributed by atoms with van der Waals surface area (Å²) in [4.78, 5) is 23.6. The molecule has 0 radical (unpaired) electrons. The first-order valence-corrected chi connectivity index (χ1v) is 12.5. The topological polar surface area (TPSA) is 76.4 Å². The Balaban J connectivity index is 1.88. The van der Waals surface area contributed by atoms with E-state index in [9.17, 15) is 9.59 Å². The highest BCUT2D eigenvalue weighted by molar-refractivity contribution is 5.74. The van der Waals surface area contributed by atoms with Gasteiger partial charge >= 0.3 is 11.9 Å². The van der Waals surface area contributed by atoms with E-state index in [0.717, 1.165) is 12.8 Å². The summed E-state index contributed by atoms with van der Waals surface area (Å²) in [6, 6.07) is 8.36. The van der Waals surface area contributed by atoms with Crippen LogP contribution in [0, 0.1) is 11.3 Å². The molecule has 0 aliphatic heterocycles. The monoisotopic (exact) mass is 443 g/mol. The van der Waals surface area contributed by atoms with Crippen LogP contribution in [-0.4, -0.2) is 18.5 Å². The number of rotatable bonds is 19. The molecule has 178 valence electrons. The lowest BCUT2D eigenvalue weighted by Crippen LogP contribution is -2.10. The maximum absolute atomic E-state index is 11.8. The predicted octanol–water partition coefficient (Wildman–Crippen LogP) is 7.27. The van der Waals surface area contributed by atoms with Gasteiger partial charge < -0.3 is 9.47 Å². The van der Waals surface area contributed by atoms with Gasteiger partial charge in [0.2, 0.25) is 0 Å². The molecule has 0 amide bonds. The van der Waals surface area contributed by atoms with Crippen molar-refractivity contribution in [3.8, 4) is 11.8 Å². The molecule has 32 heavy (non-hydrogen) atoms. The molecule has 0 saturated heterocycles. The summed E-state index contributed by atoms with van der Waals surface area (Å²) in [5.41, 5.74) is 0.510. The van der Waals surface area contributed by atoms with Crippen LogP contribution in [0.4, 0.5) is 0 Å². The highest BCUT2D eigenvalue weighted by Gasteiger charge is 2.08. The third kappa shape index (κ3) is 15.5. The summed E-state index contributed by atoms with van der Waals surface area (Å²) in [7, 11) is 0. The first kappa shape index (κ1) is 27.7. The van der Waals surface area contributed by atoms with Crippen molar-refractivity contribution in [1.82, 2.24) is 0 Å². The summed E-state index contributed by atoms with van der Waals surface area (Å²) < 4.78 is 10.4. The number of nitriles is 1. The maximum Gasteiger partial charge on any atom is 0.311 e. The standard InChI is InChI=1S/C27H41NO4/c1-2-3-4-5-6-7-8-9-10-11-12-13-14-22-31-26(29)16-15-17-27(30)32-25-20-18-24(23-28)19-21-25/h18-21H,2-17,22H2,1H3. The zero-order chi connectivity index (χ0) is 23.3. The Hall–Kier alpha value is -2.35. The highest BCUT2D eigenvalue weighted by Crippen LogP contribution is 2.14. The second kappa shape index (κ2) is 19.3. The summed E-state index contributed by atoms with van der Waals surface area (Å²) in [5.74, 6) is -0.243. The Kier molecular flexibility index (Phi) is 16.7. The Bertz CT molecular complexity index is 663. The molecular weight excluding hydrogens is 402 g/mol. The molecule has 5 nitrogen and oxygen atoms in total. The van der Waals surface area contributed by atoms with E-state index in [1.807, 2.05) is 6.07 Å². The van der Waals surface area contributed by atoms with Crippen LogP contribution in [0.15, 0.2) is 24.3 Å². The van der Waals surface area contributed by atoms with Crippen molar-refractivity contribution in [2.24, 2.45) is 0 Å². The van der Waals surface area contributed by atoms with E-state index < -0.39 is 0 Å². The van der Waals surface area contributed by atoms with Gasteiger partial charge in [-0.2, -0.15) is 5.26 Å². The average molecular weight is 444 g/mol. The minimum absolute atomic E-state index is 0.161. The van der Waals surface area contributed by atoms with E-state index in [4.69, 9.17) is 14.7 Å². The lowest BCUT2D eigenvalue weighted by atomic mass is 10.0. The van der Waals surface area contributed by atoms with Crippen molar-refractivity contribution in [3.05, 3.63) is 29.8 Å². The molecule has 1 aromatic rings. The van der Waals surface area contributed by atoms with Gasteiger partial charge in [-0.25, -0.2) is 0 Å². The normalized spacial score (nSPS) is 10.5. The highest BCUT2D eigenvalue weighted by atomic mass is 16.5. The molecule has 0 heterocycles. The number of unbranched alkanes of at least 4 members (excludes halogenated alkanes) is 12. The van der Waals surface area contributed by atoms with E-state index in [2.05, 4.69) is 6.92 Å². The van der Waals surface area contributed by atoms with Crippen LogP contribution in [-0.2, 0) is 14.3 Å². The number of hydrogen-bond acceptors (Lipinski definition) is 5. The van der Waals surface area contributed by atoms with Crippen LogP contribution in [0.3, 0.4) is 0 Å². The molecule has 0 spiro atoms. The number of carbonyl (C=O) groups is 2. The Labute approximate surface area is 194 Å². The fraction of sp³-hybridized carbons (Fsp3) is 0.667. The van der Waals surface area contributed by atoms with Crippen molar-refractivity contribution < 1.29 is 19.1 Å². The van der Waals surface area contributed by atoms with Crippen LogP contribution in [0.5, 0.6) is 5.75 Å². The summed E-state index contributed by atoms with van der Waals surface area (Å²) in [5, 5.41) is 8.75. The zero-order valence-electron chi connectivity index (χ0n) is 19.9. The fourth-order valence-corrected chi connectivity index (χ4v) is 3.54. The second-order valence-electron chi connectivity index (χ2n) is 8.43. The van der Waals surface area contributed by atoms with Crippen LogP contribution in [0.1, 0.15) is 115 Å². The summed E-state index contributed by atoms with van der Waals surface area (Å²) in [6.07, 6.45) is 17.6. The maximum atomic E-state index is 11.8. The Morgan fingerprint density at radius 3 is 1.75 bits per heavy atom. The largest absolute Gasteiger partial charge is 0.466 e. The number of ether oxygens (including phenoxy) is 2. The number of benzene rings is 1. The molecule has 0 aromatic heterocycles. The van der Waals surface area contributed by atoms with Crippen molar-refractivity contribution >= 4 is 11.9 Å². The molecule has 5 heteroatoms. The van der Waals surface area contributed by atoms with E-state index >= 15 is 0 Å². The van der Waals surface area contributed by atoms with Crippen molar-refractivity contribution in [2.75, 3.05) is 6.61 Å². The van der Waals surface area contributed by atoms with Crippen LogP contribution in [0.25, 0.3) is 0 Å². The van der Waals surface area contributed by atoms with Gasteiger partial charge in [-0.3, -0.25) is 9.59 Å². The smallest absolute Gasteiger partial charge is 0.311 e. The third-order valence-electron chi connectivity index (χ3n) is 5.49. The van der Waals surface area contributed by atoms with Crippen LogP contribution < -0.4 is 4.74 Å². The van der Waals surface area contributed by atoms with Gasteiger partial charge in [0.1, 0.15) is 5.75 Å². The van der Waals surface area contributed by atoms with Gasteiger partial charge in [-0.05, 0) is 37.1 Å². The van der Waals surface area contributed by atoms with Crippen molar-refractivity contribution in [1.29, 1.82) is 5.26 Å². The van der Waals surface area contributed by atoms with Crippen LogP contribution >= 0.6 is 0 Å². The summed E-state index contributed by atoms with van der Waals surface area (Å²) >= 11 is 0. The quantitative estimate of drug-likeness (QED) is 0.128. The van der Waals surface area contributed by atoms with E-state index in [-0.39, 0.29) is 24.8 Å². The lowest BCUT2D eigenvalue weighted by molar-refractivity contribution is -0.144. The van der Waals surface area contributed by atoms with Gasteiger partial charge in [0, 0.05) is 12.8 Å². The van der Waals surface area contributed by atoms with E-state index in [0.29, 0.717) is 24.3 Å². The first-order chi connectivity index (χ1) is 15.7. The van der Waals surface area contributed by atoms with Gasteiger partial charge in [0.15, 0.2) is 0 Å². The SMILES string of the molecule is CCCCCCCCCCCCCCCOC(=O)CCCC(=O)Oc1ccc(C#N)cc1. The van der Waals surface area contributed by atoms with Gasteiger partial charge in [0.05, 0.1) is 18.2 Å². The first-order valence-electron chi connectivity index (χ1n) is 12.5. The molecular formula is C27H41NO4. The second-order valence-corrected chi connectivity index (χ2v) is 8.43. The molecule has 0 aliphatic carbocycles.